The van der Waals surface area contributed by atoms with Crippen LogP contribution in [0.3, 0.4) is 0 Å². The standard InChI is InChI=1S/C28H21N3O4S2/c1-17(25(32)31-27-23(15-29)24(16-36-27)18-8-3-2-4-9-18)37-20-11-7-10-19(14-20)30-26(33)21-12-5-6-13-22(21)28(34)35/h2-14,16-17H,1H3,(H,30,33)(H,31,32)(H,34,35). The summed E-state index contributed by atoms with van der Waals surface area (Å²) in [7, 11) is 0. The van der Waals surface area contributed by atoms with Crippen molar-refractivity contribution in [2.24, 2.45) is 0 Å². The number of carboxylic acids is 1. The van der Waals surface area contributed by atoms with Crippen LogP contribution in [0.5, 0.6) is 0 Å². The maximum absolute atomic E-state index is 12.9. The Hall–Kier alpha value is -4.39. The minimum Gasteiger partial charge on any atom is -0.478 e. The summed E-state index contributed by atoms with van der Waals surface area (Å²) >= 11 is 2.60. The lowest BCUT2D eigenvalue weighted by atomic mass is 10.1. The van der Waals surface area contributed by atoms with E-state index in [0.717, 1.165) is 16.0 Å². The summed E-state index contributed by atoms with van der Waals surface area (Å²) in [6.45, 7) is 1.76. The summed E-state index contributed by atoms with van der Waals surface area (Å²) in [5, 5.41) is 26.5. The number of rotatable bonds is 8. The van der Waals surface area contributed by atoms with Crippen molar-refractivity contribution >= 4 is 51.6 Å². The number of anilines is 2. The Bertz CT molecular complexity index is 1510. The van der Waals surface area contributed by atoms with Crippen molar-refractivity contribution in [3.63, 3.8) is 0 Å². The van der Waals surface area contributed by atoms with Crippen molar-refractivity contribution < 1.29 is 19.5 Å². The lowest BCUT2D eigenvalue weighted by Crippen LogP contribution is -2.22. The van der Waals surface area contributed by atoms with E-state index in [4.69, 9.17) is 0 Å². The van der Waals surface area contributed by atoms with Gasteiger partial charge in [0.05, 0.1) is 21.9 Å². The molecule has 0 radical (unpaired) electrons. The molecule has 0 aliphatic carbocycles. The fraction of sp³-hybridized carbons (Fsp3) is 0.0714. The summed E-state index contributed by atoms with van der Waals surface area (Å²) in [6, 6.07) is 24.7. The van der Waals surface area contributed by atoms with Gasteiger partial charge in [-0.15, -0.1) is 23.1 Å². The first-order valence-electron chi connectivity index (χ1n) is 11.2. The zero-order valence-corrected chi connectivity index (χ0v) is 21.2. The minimum atomic E-state index is -1.18. The molecule has 1 aromatic heterocycles. The molecule has 0 aliphatic rings. The Balaban J connectivity index is 1.43. The van der Waals surface area contributed by atoms with Gasteiger partial charge in [0.1, 0.15) is 11.1 Å². The van der Waals surface area contributed by atoms with E-state index < -0.39 is 17.1 Å². The number of nitrogens with zero attached hydrogens (tertiary/aromatic N) is 1. The van der Waals surface area contributed by atoms with E-state index in [0.29, 0.717) is 16.3 Å². The number of aromatic carboxylic acids is 1. The zero-order chi connectivity index (χ0) is 26.4. The van der Waals surface area contributed by atoms with Crippen LogP contribution in [0, 0.1) is 11.3 Å². The lowest BCUT2D eigenvalue weighted by Gasteiger charge is -2.13. The monoisotopic (exact) mass is 527 g/mol. The van der Waals surface area contributed by atoms with Crippen LogP contribution in [0.15, 0.2) is 89.1 Å². The third-order valence-electron chi connectivity index (χ3n) is 5.40. The molecule has 37 heavy (non-hydrogen) atoms. The van der Waals surface area contributed by atoms with E-state index in [-0.39, 0.29) is 17.0 Å². The molecule has 0 spiro atoms. The van der Waals surface area contributed by atoms with Crippen molar-refractivity contribution in [1.29, 1.82) is 5.26 Å². The first-order chi connectivity index (χ1) is 17.9. The fourth-order valence-corrected chi connectivity index (χ4v) is 5.42. The van der Waals surface area contributed by atoms with Crippen LogP contribution in [-0.2, 0) is 4.79 Å². The third-order valence-corrected chi connectivity index (χ3v) is 7.39. The number of nitriles is 1. The van der Waals surface area contributed by atoms with Gasteiger partial charge in [0.25, 0.3) is 5.91 Å². The van der Waals surface area contributed by atoms with Crippen molar-refractivity contribution in [3.05, 3.63) is 101 Å². The maximum Gasteiger partial charge on any atom is 0.336 e. The van der Waals surface area contributed by atoms with Gasteiger partial charge < -0.3 is 15.7 Å². The second-order valence-electron chi connectivity index (χ2n) is 7.91. The van der Waals surface area contributed by atoms with Crippen LogP contribution in [-0.4, -0.2) is 28.1 Å². The van der Waals surface area contributed by atoms with Gasteiger partial charge in [0.2, 0.25) is 5.91 Å². The quantitative estimate of drug-likeness (QED) is 0.230. The molecule has 4 rings (SSSR count). The number of hydrogen-bond donors (Lipinski definition) is 3. The SMILES string of the molecule is CC(Sc1cccc(NC(=O)c2ccccc2C(=O)O)c1)C(=O)Nc1scc(-c2ccccc2)c1C#N. The van der Waals surface area contributed by atoms with Gasteiger partial charge in [-0.25, -0.2) is 4.79 Å². The fourth-order valence-electron chi connectivity index (χ4n) is 3.58. The van der Waals surface area contributed by atoms with E-state index in [2.05, 4.69) is 16.7 Å². The number of carboxylic acid groups (broad SMARTS) is 1. The number of nitrogens with one attached hydrogen (secondary N) is 2. The van der Waals surface area contributed by atoms with Crippen molar-refractivity contribution in [3.8, 4) is 17.2 Å². The normalized spacial score (nSPS) is 11.2. The first kappa shape index (κ1) is 25.7. The second kappa shape index (κ2) is 11.6. The van der Waals surface area contributed by atoms with Crippen LogP contribution < -0.4 is 10.6 Å². The molecule has 7 nitrogen and oxygen atoms in total. The summed E-state index contributed by atoms with van der Waals surface area (Å²) in [5.41, 5.74) is 2.55. The van der Waals surface area contributed by atoms with Crippen LogP contribution in [0.25, 0.3) is 11.1 Å². The first-order valence-corrected chi connectivity index (χ1v) is 12.9. The summed E-state index contributed by atoms with van der Waals surface area (Å²) in [6.07, 6.45) is 0. The van der Waals surface area contributed by atoms with Crippen molar-refractivity contribution in [2.75, 3.05) is 10.6 Å². The number of hydrogen-bond acceptors (Lipinski definition) is 6. The average molecular weight is 528 g/mol. The van der Waals surface area contributed by atoms with Crippen LogP contribution >= 0.6 is 23.1 Å². The van der Waals surface area contributed by atoms with Crippen molar-refractivity contribution in [2.45, 2.75) is 17.1 Å². The molecule has 4 aromatic rings. The minimum absolute atomic E-state index is 0.0555. The second-order valence-corrected chi connectivity index (χ2v) is 10.2. The van der Waals surface area contributed by atoms with Gasteiger partial charge in [-0.1, -0.05) is 48.5 Å². The Kier molecular flexibility index (Phi) is 8.03. The van der Waals surface area contributed by atoms with E-state index in [1.54, 1.807) is 37.3 Å². The maximum atomic E-state index is 12.9. The molecule has 9 heteroatoms. The molecule has 0 saturated carbocycles. The molecule has 1 atom stereocenters. The number of carbonyl (C=O) groups excluding carboxylic acids is 2. The van der Waals surface area contributed by atoms with Crippen molar-refractivity contribution in [1.82, 2.24) is 0 Å². The molecule has 0 fully saturated rings. The van der Waals surface area contributed by atoms with Crippen LogP contribution in [0.1, 0.15) is 33.2 Å². The van der Waals surface area contributed by atoms with Crippen LogP contribution in [0.4, 0.5) is 10.7 Å². The lowest BCUT2D eigenvalue weighted by molar-refractivity contribution is -0.115. The molecule has 1 unspecified atom stereocenters. The van der Waals surface area contributed by atoms with Crippen LogP contribution in [0.2, 0.25) is 0 Å². The Morgan fingerprint density at radius 1 is 0.946 bits per heavy atom. The molecular weight excluding hydrogens is 506 g/mol. The molecule has 0 bridgehead atoms. The van der Waals surface area contributed by atoms with Gasteiger partial charge in [-0.3, -0.25) is 9.59 Å². The smallest absolute Gasteiger partial charge is 0.336 e. The van der Waals surface area contributed by atoms with Gasteiger partial charge >= 0.3 is 5.97 Å². The molecule has 3 aromatic carbocycles. The van der Waals surface area contributed by atoms with E-state index in [1.165, 1.54) is 35.2 Å². The predicted octanol–water partition coefficient (Wildman–Crippen LogP) is 6.36. The molecule has 0 aliphatic heterocycles. The number of thioether (sulfide) groups is 1. The average Bonchev–Trinajstić information content (AvgIpc) is 3.31. The predicted molar refractivity (Wildman–Crippen MR) is 146 cm³/mol. The number of thiophene rings is 1. The van der Waals surface area contributed by atoms with Gasteiger partial charge in [-0.2, -0.15) is 5.26 Å². The summed E-state index contributed by atoms with van der Waals surface area (Å²) in [4.78, 5) is 37.8. The van der Waals surface area contributed by atoms with Gasteiger partial charge in [-0.05, 0) is 42.8 Å². The van der Waals surface area contributed by atoms with Gasteiger partial charge in [0, 0.05) is 21.5 Å². The Morgan fingerprint density at radius 3 is 2.35 bits per heavy atom. The molecule has 1 heterocycles. The highest BCUT2D eigenvalue weighted by Gasteiger charge is 2.20. The molecule has 0 saturated heterocycles. The summed E-state index contributed by atoms with van der Waals surface area (Å²) < 4.78 is 0. The van der Waals surface area contributed by atoms with E-state index in [9.17, 15) is 24.8 Å². The highest BCUT2D eigenvalue weighted by Crippen LogP contribution is 2.35. The highest BCUT2D eigenvalue weighted by atomic mass is 32.2. The Labute approximate surface area is 221 Å². The molecule has 3 N–H and O–H groups in total. The largest absolute Gasteiger partial charge is 0.478 e. The summed E-state index contributed by atoms with van der Waals surface area (Å²) in [5.74, 6) is -1.98. The number of carbonyl (C=O) groups is 3. The molecule has 184 valence electrons. The van der Waals surface area contributed by atoms with E-state index >= 15 is 0 Å². The highest BCUT2D eigenvalue weighted by molar-refractivity contribution is 8.00. The number of amides is 2. The molecule has 2 amide bonds. The van der Waals surface area contributed by atoms with E-state index in [1.807, 2.05) is 41.8 Å². The third kappa shape index (κ3) is 6.06. The Morgan fingerprint density at radius 2 is 1.65 bits per heavy atom. The molecular formula is C28H21N3O4S2. The van der Waals surface area contributed by atoms with Gasteiger partial charge in [0.15, 0.2) is 0 Å². The zero-order valence-electron chi connectivity index (χ0n) is 19.6. The topological polar surface area (TPSA) is 119 Å². The number of benzene rings is 3.